The maximum Gasteiger partial charge on any atom is 0.195 e. The van der Waals surface area contributed by atoms with Crippen molar-refractivity contribution in [1.82, 2.24) is 14.8 Å². The molecular weight excluding hydrogens is 198 g/mol. The summed E-state index contributed by atoms with van der Waals surface area (Å²) in [6.45, 7) is 3.44. The molecule has 0 bridgehead atoms. The Bertz CT molecular complexity index is 353. The number of hydrogen-bond acceptors (Lipinski definition) is 3. The summed E-state index contributed by atoms with van der Waals surface area (Å²) in [7, 11) is 0. The van der Waals surface area contributed by atoms with Gasteiger partial charge < -0.3 is 4.74 Å². The van der Waals surface area contributed by atoms with E-state index in [0.717, 1.165) is 23.6 Å². The maximum absolute atomic E-state index is 5.45. The van der Waals surface area contributed by atoms with Crippen LogP contribution in [0.15, 0.2) is 0 Å². The van der Waals surface area contributed by atoms with Gasteiger partial charge in [-0.1, -0.05) is 6.92 Å². The highest BCUT2D eigenvalue weighted by Crippen LogP contribution is 2.35. The second-order valence-corrected chi connectivity index (χ2v) is 3.99. The molecule has 0 amide bonds. The topological polar surface area (TPSA) is 42.8 Å². The summed E-state index contributed by atoms with van der Waals surface area (Å²) in [5.74, 6) is 0.936. The second-order valence-electron chi connectivity index (χ2n) is 3.60. The highest BCUT2D eigenvalue weighted by molar-refractivity contribution is 7.71. The van der Waals surface area contributed by atoms with Gasteiger partial charge in [-0.05, 0) is 31.5 Å². The van der Waals surface area contributed by atoms with Gasteiger partial charge in [0.05, 0.1) is 0 Å². The lowest BCUT2D eigenvalue weighted by Gasteiger charge is -2.04. The fraction of sp³-hybridized carbons (Fsp3) is 0.778. The van der Waals surface area contributed by atoms with Crippen LogP contribution in [0.2, 0.25) is 0 Å². The van der Waals surface area contributed by atoms with Crippen molar-refractivity contribution in [3.63, 3.8) is 0 Å². The van der Waals surface area contributed by atoms with Crippen LogP contribution in [-0.2, 0) is 11.3 Å². The zero-order valence-electron chi connectivity index (χ0n) is 8.32. The Morgan fingerprint density at radius 2 is 2.43 bits per heavy atom. The number of nitrogens with one attached hydrogen (secondary N) is 1. The molecule has 0 spiro atoms. The van der Waals surface area contributed by atoms with Crippen LogP contribution >= 0.6 is 12.2 Å². The number of aromatic nitrogens is 3. The molecule has 0 aliphatic heterocycles. The molecule has 1 fully saturated rings. The summed E-state index contributed by atoms with van der Waals surface area (Å²) in [6.07, 6.45) is 3.47. The fourth-order valence-electron chi connectivity index (χ4n) is 1.46. The first-order chi connectivity index (χ1) is 6.83. The van der Waals surface area contributed by atoms with E-state index in [1.54, 1.807) is 0 Å². The molecule has 1 saturated carbocycles. The van der Waals surface area contributed by atoms with Gasteiger partial charge >= 0.3 is 0 Å². The number of nitrogens with zero attached hydrogens (tertiary/aromatic N) is 2. The molecule has 2 rings (SSSR count). The lowest BCUT2D eigenvalue weighted by atomic mass is 10.5. The standard InChI is InChI=1S/C9H15N3OS/c1-2-5-13-6-8-10-11-9(14)12(8)7-3-4-7/h7H,2-6H2,1H3,(H,11,14). The maximum atomic E-state index is 5.45. The molecule has 1 aromatic rings. The first-order valence-electron chi connectivity index (χ1n) is 5.06. The highest BCUT2D eigenvalue weighted by atomic mass is 32.1. The van der Waals surface area contributed by atoms with E-state index in [1.165, 1.54) is 12.8 Å². The minimum Gasteiger partial charge on any atom is -0.373 e. The summed E-state index contributed by atoms with van der Waals surface area (Å²) in [4.78, 5) is 0. The van der Waals surface area contributed by atoms with E-state index in [1.807, 2.05) is 0 Å². The van der Waals surface area contributed by atoms with Crippen LogP contribution in [-0.4, -0.2) is 21.4 Å². The summed E-state index contributed by atoms with van der Waals surface area (Å²) in [6, 6.07) is 0.571. The normalized spacial score (nSPS) is 16.1. The molecule has 14 heavy (non-hydrogen) atoms. The van der Waals surface area contributed by atoms with Crippen molar-refractivity contribution in [2.24, 2.45) is 0 Å². The van der Waals surface area contributed by atoms with Crippen molar-refractivity contribution in [1.29, 1.82) is 0 Å². The molecule has 1 aliphatic carbocycles. The minimum absolute atomic E-state index is 0.567. The molecule has 1 N–H and O–H groups in total. The van der Waals surface area contributed by atoms with Crippen molar-refractivity contribution in [3.05, 3.63) is 10.6 Å². The molecule has 5 heteroatoms. The predicted molar refractivity (Wildman–Crippen MR) is 55.6 cm³/mol. The third-order valence-corrected chi connectivity index (χ3v) is 2.56. The average molecular weight is 213 g/mol. The number of rotatable bonds is 5. The van der Waals surface area contributed by atoms with Crippen molar-refractivity contribution in [2.75, 3.05) is 6.61 Å². The van der Waals surface area contributed by atoms with Crippen molar-refractivity contribution in [3.8, 4) is 0 Å². The Morgan fingerprint density at radius 1 is 1.64 bits per heavy atom. The van der Waals surface area contributed by atoms with Gasteiger partial charge in [0.1, 0.15) is 6.61 Å². The Labute approximate surface area is 88.3 Å². The van der Waals surface area contributed by atoms with Crippen molar-refractivity contribution < 1.29 is 4.74 Å². The predicted octanol–water partition coefficient (Wildman–Crippen LogP) is 2.20. The highest BCUT2D eigenvalue weighted by Gasteiger charge is 2.26. The molecule has 0 unspecified atom stereocenters. The quantitative estimate of drug-likeness (QED) is 0.602. The lowest BCUT2D eigenvalue weighted by molar-refractivity contribution is 0.113. The molecule has 1 heterocycles. The molecule has 4 nitrogen and oxygen atoms in total. The summed E-state index contributed by atoms with van der Waals surface area (Å²) >= 11 is 5.16. The van der Waals surface area contributed by atoms with Crippen LogP contribution in [0, 0.1) is 4.77 Å². The van der Waals surface area contributed by atoms with Crippen molar-refractivity contribution >= 4 is 12.2 Å². The van der Waals surface area contributed by atoms with Crippen LogP contribution in [0.1, 0.15) is 38.1 Å². The number of H-pyrrole nitrogens is 1. The van der Waals surface area contributed by atoms with Gasteiger partial charge in [0.2, 0.25) is 0 Å². The van der Waals surface area contributed by atoms with Gasteiger partial charge in [-0.2, -0.15) is 5.10 Å². The van der Waals surface area contributed by atoms with Gasteiger partial charge in [0, 0.05) is 12.6 Å². The Morgan fingerprint density at radius 3 is 3.07 bits per heavy atom. The summed E-state index contributed by atoms with van der Waals surface area (Å²) in [5, 5.41) is 6.99. The molecule has 0 saturated heterocycles. The molecule has 78 valence electrons. The monoisotopic (exact) mass is 213 g/mol. The lowest BCUT2D eigenvalue weighted by Crippen LogP contribution is -2.04. The van der Waals surface area contributed by atoms with Crippen molar-refractivity contribution in [2.45, 2.75) is 38.8 Å². The van der Waals surface area contributed by atoms with Crippen LogP contribution in [0.3, 0.4) is 0 Å². The fourth-order valence-corrected chi connectivity index (χ4v) is 1.76. The van der Waals surface area contributed by atoms with E-state index in [-0.39, 0.29) is 0 Å². The smallest absolute Gasteiger partial charge is 0.195 e. The first-order valence-corrected chi connectivity index (χ1v) is 5.47. The minimum atomic E-state index is 0.567. The van der Waals surface area contributed by atoms with Crippen LogP contribution in [0.4, 0.5) is 0 Å². The summed E-state index contributed by atoms with van der Waals surface area (Å²) in [5.41, 5.74) is 0. The Balaban J connectivity index is 2.05. The Kier molecular flexibility index (Phi) is 2.98. The third-order valence-electron chi connectivity index (χ3n) is 2.27. The van der Waals surface area contributed by atoms with Crippen LogP contribution in [0.5, 0.6) is 0 Å². The van der Waals surface area contributed by atoms with E-state index < -0.39 is 0 Å². The largest absolute Gasteiger partial charge is 0.373 e. The van der Waals surface area contributed by atoms with E-state index in [0.29, 0.717) is 12.6 Å². The van der Waals surface area contributed by atoms with Crippen LogP contribution < -0.4 is 0 Å². The average Bonchev–Trinajstić information content (AvgIpc) is 2.93. The van der Waals surface area contributed by atoms with Gasteiger partial charge in [0.15, 0.2) is 10.6 Å². The van der Waals surface area contributed by atoms with Gasteiger partial charge in [-0.25, -0.2) is 0 Å². The number of hydrogen-bond donors (Lipinski definition) is 1. The van der Waals surface area contributed by atoms with E-state index >= 15 is 0 Å². The zero-order valence-corrected chi connectivity index (χ0v) is 9.14. The Hall–Kier alpha value is -0.680. The molecular formula is C9H15N3OS. The molecule has 0 aromatic carbocycles. The molecule has 0 radical (unpaired) electrons. The van der Waals surface area contributed by atoms with Gasteiger partial charge in [-0.3, -0.25) is 9.67 Å². The van der Waals surface area contributed by atoms with Crippen LogP contribution in [0.25, 0.3) is 0 Å². The van der Waals surface area contributed by atoms with E-state index in [2.05, 4.69) is 21.7 Å². The van der Waals surface area contributed by atoms with E-state index in [9.17, 15) is 0 Å². The second kappa shape index (κ2) is 4.23. The molecule has 1 aromatic heterocycles. The third kappa shape index (κ3) is 2.04. The first kappa shape index (κ1) is 9.86. The number of aromatic amines is 1. The SMILES string of the molecule is CCCOCc1n[nH]c(=S)n1C1CC1. The van der Waals surface area contributed by atoms with E-state index in [4.69, 9.17) is 17.0 Å². The van der Waals surface area contributed by atoms with Gasteiger partial charge in [0.25, 0.3) is 0 Å². The molecule has 0 atom stereocenters. The zero-order chi connectivity index (χ0) is 9.97. The number of ether oxygens (including phenoxy) is 1. The van der Waals surface area contributed by atoms with Gasteiger partial charge in [-0.15, -0.1) is 0 Å². The molecule has 1 aliphatic rings. The summed E-state index contributed by atoms with van der Waals surface area (Å²) < 4.78 is 8.26.